The number of nitrogens with zero attached hydrogens (tertiary/aromatic N) is 1. The summed E-state index contributed by atoms with van der Waals surface area (Å²) in [4.78, 5) is 31.1. The second kappa shape index (κ2) is 9.69. The number of rotatable bonds is 5. The van der Waals surface area contributed by atoms with Gasteiger partial charge >= 0.3 is 6.09 Å². The van der Waals surface area contributed by atoms with Gasteiger partial charge in [0, 0.05) is 22.4 Å². The second-order valence-corrected chi connectivity index (χ2v) is 10.0. The van der Waals surface area contributed by atoms with E-state index in [0.717, 1.165) is 30.2 Å². The second-order valence-electron chi connectivity index (χ2n) is 9.13. The number of halogens is 1. The number of aromatic nitrogens is 1. The van der Waals surface area contributed by atoms with Crippen LogP contribution in [-0.2, 0) is 22.4 Å². The van der Waals surface area contributed by atoms with Gasteiger partial charge in [-0.15, -0.1) is 0 Å². The van der Waals surface area contributed by atoms with Crippen molar-refractivity contribution >= 4 is 27.9 Å². The van der Waals surface area contributed by atoms with Crippen LogP contribution in [0.5, 0.6) is 0 Å². The maximum absolute atomic E-state index is 13.5. The minimum absolute atomic E-state index is 0.0132. The minimum atomic E-state index is -0.597. The topological polar surface area (TPSA) is 74.4 Å². The molecule has 1 unspecified atom stereocenters. The zero-order valence-corrected chi connectivity index (χ0v) is 20.6. The summed E-state index contributed by atoms with van der Waals surface area (Å²) in [6.07, 6.45) is 5.81. The van der Waals surface area contributed by atoms with Crippen LogP contribution >= 0.6 is 15.9 Å². The number of carbonyl (C=O) groups excluding carboxylic acids is 2. The minimum Gasteiger partial charge on any atom is -0.453 e. The van der Waals surface area contributed by atoms with E-state index in [1.54, 1.807) is 0 Å². The normalized spacial score (nSPS) is 19.0. The van der Waals surface area contributed by atoms with Gasteiger partial charge in [-0.2, -0.15) is 0 Å². The SMILES string of the molecule is COC(=O)NC(C(=O)N1CCC[C@H]1c1[nH]c(-c2ccc(Br)cc2)c2c1CCCC2)C(C)C. The third kappa shape index (κ3) is 4.45. The third-order valence-corrected chi connectivity index (χ3v) is 7.28. The molecule has 4 rings (SSSR count). The van der Waals surface area contributed by atoms with E-state index in [-0.39, 0.29) is 17.9 Å². The Labute approximate surface area is 198 Å². The molecule has 2 atom stereocenters. The average molecular weight is 502 g/mol. The van der Waals surface area contributed by atoms with Gasteiger partial charge in [0.15, 0.2) is 0 Å². The quantitative estimate of drug-likeness (QED) is 0.578. The van der Waals surface area contributed by atoms with Gasteiger partial charge in [0.2, 0.25) is 5.91 Å². The number of hydrogen-bond donors (Lipinski definition) is 2. The first-order valence-corrected chi connectivity index (χ1v) is 12.3. The van der Waals surface area contributed by atoms with Crippen LogP contribution < -0.4 is 5.32 Å². The molecule has 2 aliphatic rings. The first-order valence-electron chi connectivity index (χ1n) is 11.5. The molecule has 2 amide bonds. The Hall–Kier alpha value is -2.28. The molecule has 32 heavy (non-hydrogen) atoms. The van der Waals surface area contributed by atoms with E-state index < -0.39 is 12.1 Å². The maximum Gasteiger partial charge on any atom is 0.407 e. The van der Waals surface area contributed by atoms with Crippen molar-refractivity contribution in [1.82, 2.24) is 15.2 Å². The molecule has 1 aliphatic carbocycles. The molecular weight excluding hydrogens is 470 g/mol. The van der Waals surface area contributed by atoms with E-state index in [1.165, 1.54) is 48.0 Å². The summed E-state index contributed by atoms with van der Waals surface area (Å²) in [5, 5.41) is 2.75. The summed E-state index contributed by atoms with van der Waals surface area (Å²) >= 11 is 3.53. The Kier molecular flexibility index (Phi) is 6.93. The number of nitrogens with one attached hydrogen (secondary N) is 2. The van der Waals surface area contributed by atoms with Crippen LogP contribution in [0.2, 0.25) is 0 Å². The fraction of sp³-hybridized carbons (Fsp3) is 0.520. The largest absolute Gasteiger partial charge is 0.453 e. The van der Waals surface area contributed by atoms with Gasteiger partial charge < -0.3 is 19.9 Å². The molecule has 7 heteroatoms. The lowest BCUT2D eigenvalue weighted by Gasteiger charge is -2.31. The number of alkyl carbamates (subject to hydrolysis) is 1. The van der Waals surface area contributed by atoms with Crippen molar-refractivity contribution in [1.29, 1.82) is 0 Å². The molecule has 6 nitrogen and oxygen atoms in total. The predicted octanol–water partition coefficient (Wildman–Crippen LogP) is 5.37. The van der Waals surface area contributed by atoms with Gasteiger partial charge in [-0.05, 0) is 73.3 Å². The molecule has 0 bridgehead atoms. The molecule has 172 valence electrons. The van der Waals surface area contributed by atoms with Crippen molar-refractivity contribution in [3.8, 4) is 11.3 Å². The molecule has 1 fully saturated rings. The number of methoxy groups -OCH3 is 1. The molecule has 2 aromatic rings. The first kappa shape index (κ1) is 22.9. The van der Waals surface area contributed by atoms with Gasteiger partial charge in [0.25, 0.3) is 0 Å². The van der Waals surface area contributed by atoms with Crippen LogP contribution in [0, 0.1) is 5.92 Å². The Morgan fingerprint density at radius 2 is 1.81 bits per heavy atom. The molecule has 1 aliphatic heterocycles. The van der Waals surface area contributed by atoms with Crippen LogP contribution in [0.1, 0.15) is 62.4 Å². The van der Waals surface area contributed by atoms with Crippen molar-refractivity contribution in [2.45, 2.75) is 64.5 Å². The third-order valence-electron chi connectivity index (χ3n) is 6.75. The molecule has 0 saturated carbocycles. The summed E-state index contributed by atoms with van der Waals surface area (Å²) in [5.74, 6) is -0.0593. The summed E-state index contributed by atoms with van der Waals surface area (Å²) < 4.78 is 5.82. The van der Waals surface area contributed by atoms with E-state index in [4.69, 9.17) is 4.74 Å². The molecule has 1 aromatic carbocycles. The Bertz CT molecular complexity index is 983. The lowest BCUT2D eigenvalue weighted by Crippen LogP contribution is -2.51. The Morgan fingerprint density at radius 1 is 1.12 bits per heavy atom. The summed E-state index contributed by atoms with van der Waals surface area (Å²) in [7, 11) is 1.32. The lowest BCUT2D eigenvalue weighted by molar-refractivity contribution is -0.135. The Balaban J connectivity index is 1.68. The molecule has 1 aromatic heterocycles. The number of benzene rings is 1. The highest BCUT2D eigenvalue weighted by atomic mass is 79.9. The van der Waals surface area contributed by atoms with Gasteiger partial charge in [-0.25, -0.2) is 4.79 Å². The number of fused-ring (bicyclic) bond motifs is 1. The molecule has 2 N–H and O–H groups in total. The van der Waals surface area contributed by atoms with Gasteiger partial charge in [0.05, 0.1) is 13.2 Å². The molecular formula is C25H32BrN3O3. The van der Waals surface area contributed by atoms with Crippen molar-refractivity contribution in [3.05, 3.63) is 45.6 Å². The van der Waals surface area contributed by atoms with Gasteiger partial charge in [-0.3, -0.25) is 4.79 Å². The number of amides is 2. The average Bonchev–Trinajstić information content (AvgIpc) is 3.42. The highest BCUT2D eigenvalue weighted by Gasteiger charge is 2.38. The summed E-state index contributed by atoms with van der Waals surface area (Å²) in [5.41, 5.74) is 6.35. The van der Waals surface area contributed by atoms with E-state index in [0.29, 0.717) is 6.54 Å². The Morgan fingerprint density at radius 3 is 2.47 bits per heavy atom. The molecule has 2 heterocycles. The van der Waals surface area contributed by atoms with Crippen LogP contribution in [0.15, 0.2) is 28.7 Å². The van der Waals surface area contributed by atoms with Crippen LogP contribution in [-0.4, -0.2) is 41.6 Å². The zero-order valence-electron chi connectivity index (χ0n) is 19.0. The van der Waals surface area contributed by atoms with Gasteiger partial charge in [0.1, 0.15) is 6.04 Å². The summed E-state index contributed by atoms with van der Waals surface area (Å²) in [6.45, 7) is 4.61. The predicted molar refractivity (Wildman–Crippen MR) is 128 cm³/mol. The van der Waals surface area contributed by atoms with E-state index in [2.05, 4.69) is 50.5 Å². The zero-order chi connectivity index (χ0) is 22.8. The lowest BCUT2D eigenvalue weighted by atomic mass is 9.89. The van der Waals surface area contributed by atoms with Crippen LogP contribution in [0.4, 0.5) is 4.79 Å². The van der Waals surface area contributed by atoms with Gasteiger partial charge in [-0.1, -0.05) is 41.9 Å². The standard InChI is InChI=1S/C25H32BrN3O3/c1-15(2)21(28-25(31)32-3)24(30)29-14-6-9-20(29)23-19-8-5-4-7-18(19)22(27-23)16-10-12-17(26)13-11-16/h10-13,15,20-21,27H,4-9,14H2,1-3H3,(H,28,31)/t20-,21?/m0/s1. The number of aromatic amines is 1. The number of hydrogen-bond acceptors (Lipinski definition) is 3. The molecule has 1 saturated heterocycles. The van der Waals surface area contributed by atoms with Crippen molar-refractivity contribution in [2.75, 3.05) is 13.7 Å². The highest BCUT2D eigenvalue weighted by molar-refractivity contribution is 9.10. The van der Waals surface area contributed by atoms with Crippen molar-refractivity contribution in [2.24, 2.45) is 5.92 Å². The highest BCUT2D eigenvalue weighted by Crippen LogP contribution is 2.41. The maximum atomic E-state index is 13.5. The number of ether oxygens (including phenoxy) is 1. The van der Waals surface area contributed by atoms with Crippen LogP contribution in [0.25, 0.3) is 11.3 Å². The number of H-pyrrole nitrogens is 1. The first-order chi connectivity index (χ1) is 15.4. The van der Waals surface area contributed by atoms with E-state index in [9.17, 15) is 9.59 Å². The number of likely N-dealkylation sites (tertiary alicyclic amines) is 1. The summed E-state index contributed by atoms with van der Waals surface area (Å²) in [6, 6.07) is 7.84. The van der Waals surface area contributed by atoms with E-state index >= 15 is 0 Å². The molecule has 0 radical (unpaired) electrons. The smallest absolute Gasteiger partial charge is 0.407 e. The fourth-order valence-electron chi connectivity index (χ4n) is 5.12. The van der Waals surface area contributed by atoms with Crippen LogP contribution in [0.3, 0.4) is 0 Å². The number of carbonyl (C=O) groups is 2. The van der Waals surface area contributed by atoms with Crippen molar-refractivity contribution < 1.29 is 14.3 Å². The van der Waals surface area contributed by atoms with E-state index in [1.807, 2.05) is 18.7 Å². The fourth-order valence-corrected chi connectivity index (χ4v) is 5.38. The monoisotopic (exact) mass is 501 g/mol. The van der Waals surface area contributed by atoms with Crippen molar-refractivity contribution in [3.63, 3.8) is 0 Å². The molecule has 0 spiro atoms.